The number of hydrogen-bond acceptors (Lipinski definition) is 3. The number of rotatable bonds is 1. The van der Waals surface area contributed by atoms with E-state index in [4.69, 9.17) is 21.4 Å². The molecule has 0 spiro atoms. The van der Waals surface area contributed by atoms with Crippen LogP contribution in [-0.2, 0) is 4.74 Å². The van der Waals surface area contributed by atoms with Gasteiger partial charge in [0.15, 0.2) is 0 Å². The van der Waals surface area contributed by atoms with Gasteiger partial charge in [0, 0.05) is 6.54 Å². The Morgan fingerprint density at radius 2 is 2.26 bits per heavy atom. The molecular formula is C12H13ClFNO4. The molecule has 0 aromatic heterocycles. The summed E-state index contributed by atoms with van der Waals surface area (Å²) < 4.78 is 18.8. The SMILES string of the molecule is O=C(O)N1CCO[C@@H](c2ccc(Cl)c(F)c2)[C@H](O)C1. The zero-order valence-electron chi connectivity index (χ0n) is 9.92. The van der Waals surface area contributed by atoms with Gasteiger partial charge in [0.05, 0.1) is 18.2 Å². The van der Waals surface area contributed by atoms with Crippen molar-refractivity contribution in [2.24, 2.45) is 0 Å². The van der Waals surface area contributed by atoms with Gasteiger partial charge in [-0.15, -0.1) is 0 Å². The highest BCUT2D eigenvalue weighted by atomic mass is 35.5. The van der Waals surface area contributed by atoms with Crippen molar-refractivity contribution >= 4 is 17.7 Å². The minimum atomic E-state index is -1.12. The van der Waals surface area contributed by atoms with Crippen LogP contribution in [0.2, 0.25) is 5.02 Å². The molecule has 2 rings (SSSR count). The molecule has 1 saturated heterocycles. The molecular weight excluding hydrogens is 277 g/mol. The van der Waals surface area contributed by atoms with Crippen LogP contribution in [0.1, 0.15) is 11.7 Å². The van der Waals surface area contributed by atoms with Crippen molar-refractivity contribution in [3.63, 3.8) is 0 Å². The normalized spacial score (nSPS) is 24.1. The highest BCUT2D eigenvalue weighted by Gasteiger charge is 2.29. The molecule has 1 aromatic carbocycles. The molecule has 1 amide bonds. The van der Waals surface area contributed by atoms with Crippen molar-refractivity contribution in [3.05, 3.63) is 34.6 Å². The minimum absolute atomic E-state index is 0.0148. The molecule has 1 aliphatic heterocycles. The number of nitrogens with zero attached hydrogens (tertiary/aromatic N) is 1. The average molecular weight is 290 g/mol. The quantitative estimate of drug-likeness (QED) is 0.828. The van der Waals surface area contributed by atoms with Crippen LogP contribution >= 0.6 is 11.6 Å². The highest BCUT2D eigenvalue weighted by molar-refractivity contribution is 6.30. The smallest absolute Gasteiger partial charge is 0.407 e. The van der Waals surface area contributed by atoms with Crippen LogP contribution in [0.15, 0.2) is 18.2 Å². The summed E-state index contributed by atoms with van der Waals surface area (Å²) in [5.41, 5.74) is 0.432. The van der Waals surface area contributed by atoms with Crippen LogP contribution in [0.25, 0.3) is 0 Å². The number of ether oxygens (including phenoxy) is 1. The number of aliphatic hydroxyl groups excluding tert-OH is 1. The van der Waals surface area contributed by atoms with Crippen LogP contribution in [0.4, 0.5) is 9.18 Å². The van der Waals surface area contributed by atoms with E-state index in [-0.39, 0.29) is 24.7 Å². The fourth-order valence-corrected chi connectivity index (χ4v) is 2.11. The summed E-state index contributed by atoms with van der Waals surface area (Å²) in [7, 11) is 0. The zero-order valence-corrected chi connectivity index (χ0v) is 10.7. The largest absolute Gasteiger partial charge is 0.465 e. The average Bonchev–Trinajstić information content (AvgIpc) is 2.55. The Hall–Kier alpha value is -1.37. The van der Waals surface area contributed by atoms with Gasteiger partial charge < -0.3 is 19.8 Å². The first kappa shape index (κ1) is 14.0. The van der Waals surface area contributed by atoms with Crippen molar-refractivity contribution < 1.29 is 24.1 Å². The van der Waals surface area contributed by atoms with E-state index in [0.717, 1.165) is 4.90 Å². The van der Waals surface area contributed by atoms with E-state index in [1.54, 1.807) is 6.07 Å². The third kappa shape index (κ3) is 3.15. The van der Waals surface area contributed by atoms with Gasteiger partial charge in [-0.25, -0.2) is 9.18 Å². The topological polar surface area (TPSA) is 70.0 Å². The summed E-state index contributed by atoms with van der Waals surface area (Å²) in [6, 6.07) is 4.12. The second kappa shape index (κ2) is 5.73. The van der Waals surface area contributed by atoms with Crippen molar-refractivity contribution in [1.82, 2.24) is 4.90 Å². The van der Waals surface area contributed by atoms with Gasteiger partial charge in [-0.05, 0) is 17.7 Å². The van der Waals surface area contributed by atoms with Crippen molar-refractivity contribution in [2.75, 3.05) is 19.7 Å². The monoisotopic (exact) mass is 289 g/mol. The van der Waals surface area contributed by atoms with Gasteiger partial charge in [-0.3, -0.25) is 0 Å². The van der Waals surface area contributed by atoms with Crippen molar-refractivity contribution in [2.45, 2.75) is 12.2 Å². The van der Waals surface area contributed by atoms with Gasteiger partial charge in [0.2, 0.25) is 0 Å². The van der Waals surface area contributed by atoms with Crippen molar-refractivity contribution in [3.8, 4) is 0 Å². The van der Waals surface area contributed by atoms with E-state index in [9.17, 15) is 14.3 Å². The fourth-order valence-electron chi connectivity index (χ4n) is 2.00. The Kier molecular flexibility index (Phi) is 4.24. The molecule has 19 heavy (non-hydrogen) atoms. The summed E-state index contributed by atoms with van der Waals surface area (Å²) in [6.07, 6.45) is -2.94. The molecule has 5 nitrogen and oxygen atoms in total. The Balaban J connectivity index is 2.19. The number of carboxylic acid groups (broad SMARTS) is 1. The number of carbonyl (C=O) groups is 1. The number of hydrogen-bond donors (Lipinski definition) is 2. The highest BCUT2D eigenvalue weighted by Crippen LogP contribution is 2.27. The van der Waals surface area contributed by atoms with E-state index in [0.29, 0.717) is 5.56 Å². The van der Waals surface area contributed by atoms with E-state index in [1.165, 1.54) is 12.1 Å². The molecule has 104 valence electrons. The number of amides is 1. The lowest BCUT2D eigenvalue weighted by Crippen LogP contribution is -2.37. The third-order valence-corrected chi connectivity index (χ3v) is 3.26. The number of β-amino-alcohol motifs (C(OH)–C–C–N with tert-alkyl or cyclic N) is 1. The predicted octanol–water partition coefficient (Wildman–Crippen LogP) is 1.89. The first-order chi connectivity index (χ1) is 8.99. The van der Waals surface area contributed by atoms with Crippen LogP contribution in [-0.4, -0.2) is 47.0 Å². The molecule has 0 radical (unpaired) electrons. The summed E-state index contributed by atoms with van der Waals surface area (Å²) >= 11 is 5.59. The second-order valence-electron chi connectivity index (χ2n) is 4.26. The summed E-state index contributed by atoms with van der Waals surface area (Å²) in [5.74, 6) is -0.602. The third-order valence-electron chi connectivity index (χ3n) is 2.96. The van der Waals surface area contributed by atoms with Gasteiger partial charge >= 0.3 is 6.09 Å². The maximum atomic E-state index is 13.4. The lowest BCUT2D eigenvalue weighted by molar-refractivity contribution is -0.0212. The molecule has 0 aliphatic carbocycles. The lowest BCUT2D eigenvalue weighted by atomic mass is 10.0. The van der Waals surface area contributed by atoms with E-state index in [1.807, 2.05) is 0 Å². The van der Waals surface area contributed by atoms with Gasteiger partial charge in [-0.2, -0.15) is 0 Å². The molecule has 2 atom stereocenters. The first-order valence-corrected chi connectivity index (χ1v) is 6.09. The minimum Gasteiger partial charge on any atom is -0.465 e. The molecule has 0 bridgehead atoms. The molecule has 1 aromatic rings. The van der Waals surface area contributed by atoms with Gasteiger partial charge in [-0.1, -0.05) is 17.7 Å². The molecule has 7 heteroatoms. The van der Waals surface area contributed by atoms with Crippen LogP contribution < -0.4 is 0 Å². The number of halogens is 2. The molecule has 1 aliphatic rings. The summed E-state index contributed by atoms with van der Waals surface area (Å²) in [6.45, 7) is 0.224. The Labute approximate surface area is 114 Å². The molecule has 0 saturated carbocycles. The van der Waals surface area contributed by atoms with E-state index < -0.39 is 24.1 Å². The van der Waals surface area contributed by atoms with Gasteiger partial charge in [0.25, 0.3) is 0 Å². The molecule has 1 fully saturated rings. The van der Waals surface area contributed by atoms with Gasteiger partial charge in [0.1, 0.15) is 18.0 Å². The number of benzene rings is 1. The van der Waals surface area contributed by atoms with Crippen LogP contribution in [0.3, 0.4) is 0 Å². The Morgan fingerprint density at radius 3 is 2.89 bits per heavy atom. The molecule has 2 N–H and O–H groups in total. The van der Waals surface area contributed by atoms with E-state index >= 15 is 0 Å². The fraction of sp³-hybridized carbons (Fsp3) is 0.417. The maximum Gasteiger partial charge on any atom is 0.407 e. The zero-order chi connectivity index (χ0) is 14.0. The van der Waals surface area contributed by atoms with Crippen molar-refractivity contribution in [1.29, 1.82) is 0 Å². The van der Waals surface area contributed by atoms with E-state index in [2.05, 4.69) is 0 Å². The van der Waals surface area contributed by atoms with Crippen LogP contribution in [0.5, 0.6) is 0 Å². The maximum absolute atomic E-state index is 13.4. The standard InChI is InChI=1S/C12H13ClFNO4/c13-8-2-1-7(5-9(8)14)11-10(16)6-15(12(17)18)3-4-19-11/h1-2,5,10-11,16H,3-4,6H2,(H,17,18)/t10-,11+/m1/s1. The summed E-state index contributed by atoms with van der Waals surface area (Å²) in [4.78, 5) is 11.9. The molecule has 0 unspecified atom stereocenters. The molecule has 1 heterocycles. The predicted molar refractivity (Wildman–Crippen MR) is 65.7 cm³/mol. The Bertz CT molecular complexity index is 485. The second-order valence-corrected chi connectivity index (χ2v) is 4.67. The first-order valence-electron chi connectivity index (χ1n) is 5.71. The summed E-state index contributed by atoms with van der Waals surface area (Å²) in [5, 5.41) is 18.9. The number of aliphatic hydroxyl groups is 1. The van der Waals surface area contributed by atoms with Crippen LogP contribution in [0, 0.1) is 5.82 Å². The Morgan fingerprint density at radius 1 is 1.53 bits per heavy atom. The lowest BCUT2D eigenvalue weighted by Gasteiger charge is -2.22.